The number of rotatable bonds is 4. The molecule has 1 amide bonds. The van der Waals surface area contributed by atoms with E-state index in [1.54, 1.807) is 0 Å². The molecule has 0 radical (unpaired) electrons. The number of amides is 1. The second kappa shape index (κ2) is 9.16. The lowest BCUT2D eigenvalue weighted by molar-refractivity contribution is -0.119. The monoisotopic (exact) mass is 384 g/mol. The summed E-state index contributed by atoms with van der Waals surface area (Å²) in [5, 5.41) is 0. The number of benzodiazepines with no additional fused rings is 1. The Bertz CT molecular complexity index is 706. The number of aliphatic imine (C=N–C) groups is 1. The molecule has 0 unspecified atom stereocenters. The van der Waals surface area contributed by atoms with Crippen LogP contribution in [0, 0.1) is 5.92 Å². The Morgan fingerprint density at radius 3 is 2.50 bits per heavy atom. The van der Waals surface area contributed by atoms with E-state index in [1.165, 1.54) is 25.7 Å². The van der Waals surface area contributed by atoms with Gasteiger partial charge in [0.25, 0.3) is 5.91 Å². The molecule has 6 heteroatoms. The van der Waals surface area contributed by atoms with E-state index in [0.717, 1.165) is 62.7 Å². The van der Waals surface area contributed by atoms with Crippen molar-refractivity contribution in [2.75, 3.05) is 44.3 Å². The molecule has 3 aliphatic rings. The van der Waals surface area contributed by atoms with Crippen molar-refractivity contribution in [2.24, 2.45) is 16.6 Å². The standard InChI is InChI=1S/C22H32N4O2/c23-21-22(27)26(12-11-25-13-15-28-16-14-25)19-10-6-5-9-18(19)20(24-21)17-7-3-1-2-4-8-17/h5-6,9-10,17,21H,1-4,7-8,11-16,23H2/t21-/m1/s1. The molecule has 1 saturated heterocycles. The Balaban J connectivity index is 1.61. The quantitative estimate of drug-likeness (QED) is 0.810. The molecule has 6 nitrogen and oxygen atoms in total. The second-order valence-electron chi connectivity index (χ2n) is 8.11. The van der Waals surface area contributed by atoms with E-state index in [2.05, 4.69) is 17.0 Å². The smallest absolute Gasteiger partial charge is 0.266 e. The van der Waals surface area contributed by atoms with Crippen LogP contribution in [0.2, 0.25) is 0 Å². The topological polar surface area (TPSA) is 71.2 Å². The Kier molecular flexibility index (Phi) is 6.40. The molecule has 1 aromatic carbocycles. The van der Waals surface area contributed by atoms with Gasteiger partial charge in [0.2, 0.25) is 0 Å². The molecule has 0 aromatic heterocycles. The summed E-state index contributed by atoms with van der Waals surface area (Å²) >= 11 is 0. The minimum Gasteiger partial charge on any atom is -0.379 e. The van der Waals surface area contributed by atoms with Crippen molar-refractivity contribution in [3.8, 4) is 0 Å². The van der Waals surface area contributed by atoms with Gasteiger partial charge in [-0.15, -0.1) is 0 Å². The number of ether oxygens (including phenoxy) is 1. The third-order valence-corrected chi connectivity index (χ3v) is 6.25. The molecule has 1 aliphatic carbocycles. The number of para-hydroxylation sites is 1. The molecular formula is C22H32N4O2. The summed E-state index contributed by atoms with van der Waals surface area (Å²) in [5.74, 6) is 0.311. The highest BCUT2D eigenvalue weighted by Gasteiger charge is 2.32. The van der Waals surface area contributed by atoms with E-state index in [4.69, 9.17) is 15.5 Å². The van der Waals surface area contributed by atoms with Crippen LogP contribution in [-0.4, -0.2) is 62.1 Å². The molecule has 2 N–H and O–H groups in total. The average molecular weight is 385 g/mol. The predicted molar refractivity (Wildman–Crippen MR) is 112 cm³/mol. The van der Waals surface area contributed by atoms with E-state index in [1.807, 2.05) is 17.0 Å². The fourth-order valence-corrected chi connectivity index (χ4v) is 4.65. The molecule has 1 aromatic rings. The Morgan fingerprint density at radius 1 is 1.04 bits per heavy atom. The first-order chi connectivity index (χ1) is 13.7. The van der Waals surface area contributed by atoms with Crippen LogP contribution in [0.3, 0.4) is 0 Å². The van der Waals surface area contributed by atoms with Crippen molar-refractivity contribution in [2.45, 2.75) is 44.7 Å². The highest BCUT2D eigenvalue weighted by molar-refractivity contribution is 6.13. The van der Waals surface area contributed by atoms with Crippen molar-refractivity contribution >= 4 is 17.3 Å². The number of nitrogens with two attached hydrogens (primary N) is 1. The summed E-state index contributed by atoms with van der Waals surface area (Å²) in [4.78, 5) is 22.1. The lowest BCUT2D eigenvalue weighted by atomic mass is 9.89. The molecule has 2 aliphatic heterocycles. The Morgan fingerprint density at radius 2 is 1.75 bits per heavy atom. The van der Waals surface area contributed by atoms with E-state index in [0.29, 0.717) is 12.5 Å². The van der Waals surface area contributed by atoms with Gasteiger partial charge < -0.3 is 15.4 Å². The van der Waals surface area contributed by atoms with Crippen molar-refractivity contribution in [3.05, 3.63) is 29.8 Å². The summed E-state index contributed by atoms with van der Waals surface area (Å²) in [7, 11) is 0. The molecule has 0 spiro atoms. The van der Waals surface area contributed by atoms with Crippen LogP contribution in [-0.2, 0) is 9.53 Å². The van der Waals surface area contributed by atoms with Gasteiger partial charge in [-0.05, 0) is 18.9 Å². The van der Waals surface area contributed by atoms with Crippen LogP contribution >= 0.6 is 0 Å². The lowest BCUT2D eigenvalue weighted by Crippen LogP contribution is -2.47. The summed E-state index contributed by atoms with van der Waals surface area (Å²) < 4.78 is 5.44. The summed E-state index contributed by atoms with van der Waals surface area (Å²) in [6, 6.07) is 8.23. The van der Waals surface area contributed by atoms with Crippen LogP contribution in [0.1, 0.15) is 44.1 Å². The Labute approximate surface area is 167 Å². The van der Waals surface area contributed by atoms with Gasteiger partial charge in [0, 0.05) is 43.4 Å². The van der Waals surface area contributed by atoms with Crippen LogP contribution in [0.15, 0.2) is 29.3 Å². The highest BCUT2D eigenvalue weighted by Crippen LogP contribution is 2.33. The minimum atomic E-state index is -0.810. The van der Waals surface area contributed by atoms with Gasteiger partial charge in [-0.25, -0.2) is 0 Å². The van der Waals surface area contributed by atoms with Gasteiger partial charge in [-0.2, -0.15) is 0 Å². The molecule has 0 bridgehead atoms. The third kappa shape index (κ3) is 4.29. The first kappa shape index (κ1) is 19.6. The molecule has 1 atom stereocenters. The zero-order valence-electron chi connectivity index (χ0n) is 16.7. The molecule has 2 heterocycles. The first-order valence-corrected chi connectivity index (χ1v) is 10.8. The third-order valence-electron chi connectivity index (χ3n) is 6.25. The molecule has 4 rings (SSSR count). The van der Waals surface area contributed by atoms with Gasteiger partial charge in [0.05, 0.1) is 18.9 Å². The maximum absolute atomic E-state index is 13.1. The number of morpholine rings is 1. The molecule has 2 fully saturated rings. The Hall–Kier alpha value is -1.76. The zero-order chi connectivity index (χ0) is 19.3. The maximum atomic E-state index is 13.1. The lowest BCUT2D eigenvalue weighted by Gasteiger charge is -2.30. The maximum Gasteiger partial charge on any atom is 0.266 e. The van der Waals surface area contributed by atoms with Gasteiger partial charge in [-0.1, -0.05) is 43.9 Å². The van der Waals surface area contributed by atoms with E-state index < -0.39 is 6.17 Å². The van der Waals surface area contributed by atoms with Gasteiger partial charge in [0.15, 0.2) is 6.17 Å². The molecule has 1 saturated carbocycles. The molecular weight excluding hydrogens is 352 g/mol. The molecule has 28 heavy (non-hydrogen) atoms. The fourth-order valence-electron chi connectivity index (χ4n) is 4.65. The fraction of sp³-hybridized carbons (Fsp3) is 0.636. The first-order valence-electron chi connectivity index (χ1n) is 10.8. The van der Waals surface area contributed by atoms with Crippen LogP contribution < -0.4 is 10.6 Å². The largest absolute Gasteiger partial charge is 0.379 e. The number of fused-ring (bicyclic) bond motifs is 1. The van der Waals surface area contributed by atoms with Crippen LogP contribution in [0.4, 0.5) is 5.69 Å². The number of anilines is 1. The van der Waals surface area contributed by atoms with Crippen molar-refractivity contribution in [3.63, 3.8) is 0 Å². The summed E-state index contributed by atoms with van der Waals surface area (Å²) in [6.07, 6.45) is 6.52. The van der Waals surface area contributed by atoms with Gasteiger partial charge in [-0.3, -0.25) is 14.7 Å². The van der Waals surface area contributed by atoms with Crippen molar-refractivity contribution in [1.29, 1.82) is 0 Å². The van der Waals surface area contributed by atoms with E-state index in [-0.39, 0.29) is 5.91 Å². The molecule has 152 valence electrons. The normalized spacial score (nSPS) is 25.0. The number of hydrogen-bond donors (Lipinski definition) is 1. The second-order valence-corrected chi connectivity index (χ2v) is 8.11. The van der Waals surface area contributed by atoms with Gasteiger partial charge in [0.1, 0.15) is 0 Å². The number of carbonyl (C=O) groups is 1. The minimum absolute atomic E-state index is 0.0932. The zero-order valence-corrected chi connectivity index (χ0v) is 16.7. The number of carbonyl (C=O) groups excluding carboxylic acids is 1. The van der Waals surface area contributed by atoms with E-state index in [9.17, 15) is 4.79 Å². The SMILES string of the molecule is N[C@@H]1N=C(C2CCCCCC2)c2ccccc2N(CCN2CCOCC2)C1=O. The summed E-state index contributed by atoms with van der Waals surface area (Å²) in [6.45, 7) is 4.82. The number of benzene rings is 1. The van der Waals surface area contributed by atoms with Crippen molar-refractivity contribution < 1.29 is 9.53 Å². The average Bonchev–Trinajstić information content (AvgIpc) is 3.06. The highest BCUT2D eigenvalue weighted by atomic mass is 16.5. The van der Waals surface area contributed by atoms with E-state index >= 15 is 0 Å². The number of hydrogen-bond acceptors (Lipinski definition) is 5. The van der Waals surface area contributed by atoms with Gasteiger partial charge >= 0.3 is 0 Å². The number of nitrogens with zero attached hydrogens (tertiary/aromatic N) is 3. The van der Waals surface area contributed by atoms with Crippen LogP contribution in [0.25, 0.3) is 0 Å². The predicted octanol–water partition coefficient (Wildman–Crippen LogP) is 2.41. The summed E-state index contributed by atoms with van der Waals surface area (Å²) in [5.41, 5.74) is 9.39. The van der Waals surface area contributed by atoms with Crippen molar-refractivity contribution in [1.82, 2.24) is 4.90 Å². The van der Waals surface area contributed by atoms with Crippen LogP contribution in [0.5, 0.6) is 0 Å².